The molecule has 0 aliphatic heterocycles. The standard InChI is InChI=1S/C17H15NOS/c1-18(17(19)16-10-5-11-20-16)12-14-8-4-7-13-6-2-3-9-15(13)14/h2-11H,12H2,1H3. The van der Waals surface area contributed by atoms with Crippen molar-refractivity contribution in [3.05, 3.63) is 70.4 Å². The average molecular weight is 281 g/mol. The van der Waals surface area contributed by atoms with Crippen molar-refractivity contribution >= 4 is 28.0 Å². The van der Waals surface area contributed by atoms with Crippen LogP contribution in [0.25, 0.3) is 10.8 Å². The second kappa shape index (κ2) is 5.47. The summed E-state index contributed by atoms with van der Waals surface area (Å²) in [4.78, 5) is 14.8. The quantitative estimate of drug-likeness (QED) is 0.705. The van der Waals surface area contributed by atoms with Crippen molar-refractivity contribution < 1.29 is 4.79 Å². The van der Waals surface area contributed by atoms with Crippen molar-refractivity contribution in [3.8, 4) is 0 Å². The van der Waals surface area contributed by atoms with Gasteiger partial charge >= 0.3 is 0 Å². The SMILES string of the molecule is CN(Cc1cccc2ccccc12)C(=O)c1cccs1. The Morgan fingerprint density at radius 2 is 1.85 bits per heavy atom. The van der Waals surface area contributed by atoms with Gasteiger partial charge in [0.05, 0.1) is 4.88 Å². The first-order valence-electron chi connectivity index (χ1n) is 6.51. The van der Waals surface area contributed by atoms with Gasteiger partial charge in [-0.25, -0.2) is 0 Å². The van der Waals surface area contributed by atoms with Crippen LogP contribution in [0.2, 0.25) is 0 Å². The number of carbonyl (C=O) groups excluding carboxylic acids is 1. The predicted molar refractivity (Wildman–Crippen MR) is 84.1 cm³/mol. The number of hydrogen-bond donors (Lipinski definition) is 0. The topological polar surface area (TPSA) is 20.3 Å². The van der Waals surface area contributed by atoms with Gasteiger partial charge in [0.1, 0.15) is 0 Å². The van der Waals surface area contributed by atoms with Gasteiger partial charge in [0.2, 0.25) is 0 Å². The van der Waals surface area contributed by atoms with Crippen molar-refractivity contribution in [1.82, 2.24) is 4.90 Å². The molecule has 0 bridgehead atoms. The zero-order valence-electron chi connectivity index (χ0n) is 11.2. The molecule has 0 aliphatic rings. The number of rotatable bonds is 3. The van der Waals surface area contributed by atoms with Crippen LogP contribution in [0, 0.1) is 0 Å². The minimum Gasteiger partial charge on any atom is -0.337 e. The summed E-state index contributed by atoms with van der Waals surface area (Å²) in [7, 11) is 1.85. The summed E-state index contributed by atoms with van der Waals surface area (Å²) in [6.45, 7) is 0.623. The molecule has 0 atom stereocenters. The summed E-state index contributed by atoms with van der Waals surface area (Å²) in [5, 5.41) is 4.35. The van der Waals surface area contributed by atoms with E-state index in [1.165, 1.54) is 27.7 Å². The Hall–Kier alpha value is -2.13. The van der Waals surface area contributed by atoms with Gasteiger partial charge < -0.3 is 4.90 Å². The van der Waals surface area contributed by atoms with Crippen molar-refractivity contribution in [3.63, 3.8) is 0 Å². The third kappa shape index (κ3) is 2.45. The molecule has 0 spiro atoms. The van der Waals surface area contributed by atoms with Gasteiger partial charge in [0, 0.05) is 13.6 Å². The van der Waals surface area contributed by atoms with E-state index in [1.807, 2.05) is 42.8 Å². The largest absolute Gasteiger partial charge is 0.337 e. The monoisotopic (exact) mass is 281 g/mol. The van der Waals surface area contributed by atoms with E-state index in [0.29, 0.717) is 6.54 Å². The van der Waals surface area contributed by atoms with E-state index in [4.69, 9.17) is 0 Å². The lowest BCUT2D eigenvalue weighted by molar-refractivity contribution is 0.0790. The minimum atomic E-state index is 0.0768. The lowest BCUT2D eigenvalue weighted by atomic mass is 10.0. The van der Waals surface area contributed by atoms with Gasteiger partial charge in [-0.05, 0) is 27.8 Å². The number of thiophene rings is 1. The Kier molecular flexibility index (Phi) is 3.52. The van der Waals surface area contributed by atoms with Gasteiger partial charge in [-0.15, -0.1) is 11.3 Å². The van der Waals surface area contributed by atoms with E-state index in [9.17, 15) is 4.79 Å². The zero-order valence-corrected chi connectivity index (χ0v) is 12.1. The van der Waals surface area contributed by atoms with Crippen LogP contribution in [0.4, 0.5) is 0 Å². The summed E-state index contributed by atoms with van der Waals surface area (Å²) < 4.78 is 0. The van der Waals surface area contributed by atoms with Crippen LogP contribution in [-0.2, 0) is 6.54 Å². The Labute approximate surface area is 122 Å². The molecule has 20 heavy (non-hydrogen) atoms. The maximum Gasteiger partial charge on any atom is 0.263 e. The second-order valence-corrected chi connectivity index (χ2v) is 5.72. The number of carbonyl (C=O) groups is 1. The normalized spacial score (nSPS) is 10.7. The highest BCUT2D eigenvalue weighted by atomic mass is 32.1. The minimum absolute atomic E-state index is 0.0768. The van der Waals surface area contributed by atoms with Crippen LogP contribution in [0.5, 0.6) is 0 Å². The number of nitrogens with zero attached hydrogens (tertiary/aromatic N) is 1. The third-order valence-corrected chi connectivity index (χ3v) is 4.22. The summed E-state index contributed by atoms with van der Waals surface area (Å²) in [6.07, 6.45) is 0. The first-order chi connectivity index (χ1) is 9.75. The number of fused-ring (bicyclic) bond motifs is 1. The van der Waals surface area contributed by atoms with Crippen molar-refractivity contribution in [2.75, 3.05) is 7.05 Å². The molecule has 0 saturated carbocycles. The average Bonchev–Trinajstić information content (AvgIpc) is 3.01. The highest BCUT2D eigenvalue weighted by Crippen LogP contribution is 2.20. The zero-order chi connectivity index (χ0) is 13.9. The van der Waals surface area contributed by atoms with E-state index in [-0.39, 0.29) is 5.91 Å². The summed E-state index contributed by atoms with van der Waals surface area (Å²) in [5.41, 5.74) is 1.18. The van der Waals surface area contributed by atoms with E-state index < -0.39 is 0 Å². The van der Waals surface area contributed by atoms with Gasteiger partial charge in [-0.2, -0.15) is 0 Å². The lowest BCUT2D eigenvalue weighted by Crippen LogP contribution is -2.25. The number of benzene rings is 2. The molecule has 1 heterocycles. The fourth-order valence-electron chi connectivity index (χ4n) is 2.35. The molecular weight excluding hydrogens is 266 g/mol. The first kappa shape index (κ1) is 12.9. The fourth-order valence-corrected chi connectivity index (χ4v) is 3.06. The van der Waals surface area contributed by atoms with Crippen LogP contribution in [-0.4, -0.2) is 17.9 Å². The highest BCUT2D eigenvalue weighted by molar-refractivity contribution is 7.12. The summed E-state index contributed by atoms with van der Waals surface area (Å²) in [5.74, 6) is 0.0768. The third-order valence-electron chi connectivity index (χ3n) is 3.37. The maximum atomic E-state index is 12.3. The molecule has 0 radical (unpaired) electrons. The molecule has 3 rings (SSSR count). The molecule has 0 N–H and O–H groups in total. The summed E-state index contributed by atoms with van der Waals surface area (Å²) in [6, 6.07) is 18.3. The first-order valence-corrected chi connectivity index (χ1v) is 7.39. The van der Waals surface area contributed by atoms with Crippen LogP contribution >= 0.6 is 11.3 Å². The molecule has 100 valence electrons. The Morgan fingerprint density at radius 1 is 1.05 bits per heavy atom. The Morgan fingerprint density at radius 3 is 2.65 bits per heavy atom. The molecule has 0 saturated heterocycles. The second-order valence-electron chi connectivity index (χ2n) is 4.78. The van der Waals surface area contributed by atoms with Gasteiger partial charge in [-0.3, -0.25) is 4.79 Å². The van der Waals surface area contributed by atoms with Gasteiger partial charge in [-0.1, -0.05) is 48.5 Å². The molecular formula is C17H15NOS. The fraction of sp³-hybridized carbons (Fsp3) is 0.118. The molecule has 2 nitrogen and oxygen atoms in total. The number of hydrogen-bond acceptors (Lipinski definition) is 2. The molecule has 0 fully saturated rings. The van der Waals surface area contributed by atoms with Gasteiger partial charge in [0.15, 0.2) is 0 Å². The van der Waals surface area contributed by atoms with Crippen LogP contribution in [0.1, 0.15) is 15.2 Å². The molecule has 0 unspecified atom stereocenters. The molecule has 0 aliphatic carbocycles. The maximum absolute atomic E-state index is 12.3. The molecule has 2 aromatic carbocycles. The van der Waals surface area contributed by atoms with E-state index in [2.05, 4.69) is 24.3 Å². The lowest BCUT2D eigenvalue weighted by Gasteiger charge is -2.17. The van der Waals surface area contributed by atoms with Crippen molar-refractivity contribution in [2.45, 2.75) is 6.54 Å². The van der Waals surface area contributed by atoms with E-state index in [0.717, 1.165) is 4.88 Å². The van der Waals surface area contributed by atoms with Crippen LogP contribution in [0.3, 0.4) is 0 Å². The highest BCUT2D eigenvalue weighted by Gasteiger charge is 2.13. The van der Waals surface area contributed by atoms with Crippen molar-refractivity contribution in [2.24, 2.45) is 0 Å². The van der Waals surface area contributed by atoms with Crippen LogP contribution in [0.15, 0.2) is 60.0 Å². The Balaban J connectivity index is 1.88. The molecule has 1 aromatic heterocycles. The van der Waals surface area contributed by atoms with E-state index >= 15 is 0 Å². The van der Waals surface area contributed by atoms with Crippen molar-refractivity contribution in [1.29, 1.82) is 0 Å². The summed E-state index contributed by atoms with van der Waals surface area (Å²) >= 11 is 1.48. The van der Waals surface area contributed by atoms with Gasteiger partial charge in [0.25, 0.3) is 5.91 Å². The number of amides is 1. The molecule has 1 amide bonds. The molecule has 3 aromatic rings. The predicted octanol–water partition coefficient (Wildman–Crippen LogP) is 4.17. The molecule has 3 heteroatoms. The Bertz CT molecular complexity index is 728. The van der Waals surface area contributed by atoms with E-state index in [1.54, 1.807) is 4.90 Å². The smallest absolute Gasteiger partial charge is 0.263 e. The van der Waals surface area contributed by atoms with Crippen LogP contribution < -0.4 is 0 Å².